The number of hydrogen-bond acceptors (Lipinski definition) is 10. The fraction of sp³-hybridized carbons (Fsp3) is 0.586. The van der Waals surface area contributed by atoms with Crippen LogP contribution in [0.2, 0.25) is 0 Å². The van der Waals surface area contributed by atoms with E-state index in [-0.39, 0.29) is 35.0 Å². The van der Waals surface area contributed by atoms with Crippen molar-refractivity contribution in [2.75, 3.05) is 57.9 Å². The minimum atomic E-state index is -3.67. The third-order valence-corrected chi connectivity index (χ3v) is 11.7. The first-order valence-electron chi connectivity index (χ1n) is 14.7. The fourth-order valence-corrected chi connectivity index (χ4v) is 8.15. The number of rotatable bonds is 11. The maximum absolute atomic E-state index is 13.6. The first-order valence-corrected chi connectivity index (χ1v) is 17.6. The van der Waals surface area contributed by atoms with Crippen molar-refractivity contribution >= 4 is 25.7 Å². The molecule has 3 heterocycles. The maximum Gasteiger partial charge on any atom is 0.243 e. The first-order chi connectivity index (χ1) is 20.4. The normalized spacial score (nSPS) is 21.5. The van der Waals surface area contributed by atoms with Crippen molar-refractivity contribution in [1.82, 2.24) is 14.3 Å². The number of fused-ring (bicyclic) bond motifs is 1. The van der Waals surface area contributed by atoms with Crippen LogP contribution in [-0.2, 0) is 24.8 Å². The van der Waals surface area contributed by atoms with Gasteiger partial charge in [0.2, 0.25) is 20.0 Å². The molecule has 43 heavy (non-hydrogen) atoms. The van der Waals surface area contributed by atoms with Crippen molar-refractivity contribution < 1.29 is 36.2 Å². The average Bonchev–Trinajstić information content (AvgIpc) is 3.40. The third kappa shape index (κ3) is 7.11. The van der Waals surface area contributed by atoms with Gasteiger partial charge in [-0.25, -0.2) is 21.6 Å². The molecule has 0 bridgehead atoms. The summed E-state index contributed by atoms with van der Waals surface area (Å²) in [7, 11) is -5.92. The first kappa shape index (κ1) is 31.9. The lowest BCUT2D eigenvalue weighted by Crippen LogP contribution is -2.47. The SMILES string of the molecule is CNS(=O)(=O)c1cccc(OC[C@@H](O)CNC2COC3(CCN(S(=O)(=O)c4ccc5c(c4)N(C(C)C)CCO5)CC3)C2)c1. The lowest BCUT2D eigenvalue weighted by atomic mass is 9.88. The van der Waals surface area contributed by atoms with E-state index in [1.165, 1.54) is 19.2 Å². The van der Waals surface area contributed by atoms with Crippen LogP contribution in [0.5, 0.6) is 11.5 Å². The Balaban J connectivity index is 1.10. The van der Waals surface area contributed by atoms with E-state index in [9.17, 15) is 21.9 Å². The van der Waals surface area contributed by atoms with Gasteiger partial charge in [0.1, 0.15) is 30.8 Å². The molecule has 0 aliphatic carbocycles. The van der Waals surface area contributed by atoms with Crippen LogP contribution in [0.3, 0.4) is 0 Å². The van der Waals surface area contributed by atoms with Crippen LogP contribution in [0.25, 0.3) is 0 Å². The molecule has 0 amide bonds. The van der Waals surface area contributed by atoms with Gasteiger partial charge < -0.3 is 29.5 Å². The topological polar surface area (TPSA) is 147 Å². The van der Waals surface area contributed by atoms with Crippen molar-refractivity contribution in [2.24, 2.45) is 0 Å². The molecule has 0 radical (unpaired) electrons. The highest BCUT2D eigenvalue weighted by molar-refractivity contribution is 7.89. The molecule has 2 atom stereocenters. The molecule has 1 unspecified atom stereocenters. The second-order valence-corrected chi connectivity index (χ2v) is 15.4. The smallest absolute Gasteiger partial charge is 0.243 e. The van der Waals surface area contributed by atoms with E-state index in [1.54, 1.807) is 34.6 Å². The Hall–Kier alpha value is -2.46. The quantitative estimate of drug-likeness (QED) is 0.331. The monoisotopic (exact) mass is 638 g/mol. The number of piperidine rings is 1. The van der Waals surface area contributed by atoms with E-state index in [1.807, 2.05) is 0 Å². The summed E-state index contributed by atoms with van der Waals surface area (Å²) in [5.74, 6) is 1.06. The van der Waals surface area contributed by atoms with Gasteiger partial charge in [0.25, 0.3) is 0 Å². The largest absolute Gasteiger partial charge is 0.491 e. The Morgan fingerprint density at radius 2 is 1.84 bits per heavy atom. The molecule has 3 N–H and O–H groups in total. The van der Waals surface area contributed by atoms with Crippen LogP contribution in [-0.4, -0.2) is 103 Å². The zero-order valence-corrected chi connectivity index (χ0v) is 26.5. The van der Waals surface area contributed by atoms with Crippen LogP contribution in [0.1, 0.15) is 33.1 Å². The van der Waals surface area contributed by atoms with Crippen molar-refractivity contribution in [1.29, 1.82) is 0 Å². The molecule has 2 aromatic carbocycles. The predicted molar refractivity (Wildman–Crippen MR) is 162 cm³/mol. The van der Waals surface area contributed by atoms with E-state index >= 15 is 0 Å². The molecule has 2 aromatic rings. The molecule has 5 rings (SSSR count). The van der Waals surface area contributed by atoms with Crippen molar-refractivity contribution in [2.45, 2.75) is 66.7 Å². The summed E-state index contributed by atoms with van der Waals surface area (Å²) in [6.07, 6.45) is 1.09. The van der Waals surface area contributed by atoms with Crippen LogP contribution in [0, 0.1) is 0 Å². The van der Waals surface area contributed by atoms with Gasteiger partial charge in [-0.15, -0.1) is 0 Å². The Kier molecular flexibility index (Phi) is 9.57. The van der Waals surface area contributed by atoms with Crippen molar-refractivity contribution in [3.05, 3.63) is 42.5 Å². The third-order valence-electron chi connectivity index (χ3n) is 8.40. The minimum absolute atomic E-state index is 0.00859. The van der Waals surface area contributed by atoms with E-state index in [0.717, 1.165) is 12.1 Å². The lowest BCUT2D eigenvalue weighted by Gasteiger charge is -2.38. The van der Waals surface area contributed by atoms with Gasteiger partial charge in [0, 0.05) is 37.8 Å². The zero-order chi connectivity index (χ0) is 30.8. The maximum atomic E-state index is 13.6. The van der Waals surface area contributed by atoms with Gasteiger partial charge in [0.15, 0.2) is 0 Å². The van der Waals surface area contributed by atoms with E-state index < -0.39 is 31.8 Å². The molecule has 0 aromatic heterocycles. The fourth-order valence-electron chi connectivity index (χ4n) is 5.92. The highest BCUT2D eigenvalue weighted by Gasteiger charge is 2.45. The van der Waals surface area contributed by atoms with Crippen LogP contribution >= 0.6 is 0 Å². The Morgan fingerprint density at radius 3 is 2.56 bits per heavy atom. The molecule has 3 aliphatic rings. The number of hydrogen-bond donors (Lipinski definition) is 3. The number of nitrogens with one attached hydrogen (secondary N) is 2. The van der Waals surface area contributed by atoms with Crippen molar-refractivity contribution in [3.8, 4) is 11.5 Å². The molecular formula is C29H42N4O8S2. The number of sulfonamides is 2. The zero-order valence-electron chi connectivity index (χ0n) is 24.9. The summed E-state index contributed by atoms with van der Waals surface area (Å²) >= 11 is 0. The Bertz CT molecular complexity index is 1490. The van der Waals surface area contributed by atoms with Crippen molar-refractivity contribution in [3.63, 3.8) is 0 Å². The van der Waals surface area contributed by atoms with E-state index in [4.69, 9.17) is 14.2 Å². The number of anilines is 1. The summed E-state index contributed by atoms with van der Waals surface area (Å²) in [5, 5.41) is 13.8. The second kappa shape index (κ2) is 12.9. The Labute approximate surface area is 254 Å². The molecule has 238 valence electrons. The minimum Gasteiger partial charge on any atom is -0.491 e. The summed E-state index contributed by atoms with van der Waals surface area (Å²) < 4.78 is 72.6. The standard InChI is InChI=1S/C29H42N4O8S2/c1-21(2)33-13-14-39-28-8-7-26(16-27(28)33)43(37,38)32-11-9-29(10-12-32)17-22(19-41-29)31-18-23(34)20-40-24-5-4-6-25(15-24)42(35,36)30-3/h4-8,15-16,21-23,30-31,34H,9-14,17-20H2,1-3H3/t22?,23-/m0/s1. The number of aliphatic hydroxyl groups excluding tert-OH is 1. The molecule has 14 heteroatoms. The van der Waals surface area contributed by atoms with Gasteiger partial charge in [-0.2, -0.15) is 4.31 Å². The number of nitrogens with zero attached hydrogens (tertiary/aromatic N) is 2. The second-order valence-electron chi connectivity index (χ2n) is 11.6. The highest BCUT2D eigenvalue weighted by atomic mass is 32.2. The van der Waals surface area contributed by atoms with Gasteiger partial charge in [-0.05, 0) is 70.5 Å². The lowest BCUT2D eigenvalue weighted by molar-refractivity contribution is -0.0312. The summed E-state index contributed by atoms with van der Waals surface area (Å²) in [4.78, 5) is 2.53. The van der Waals surface area contributed by atoms with Gasteiger partial charge in [0.05, 0.1) is 34.2 Å². The van der Waals surface area contributed by atoms with Crippen LogP contribution in [0.15, 0.2) is 52.3 Å². The molecule has 3 aliphatic heterocycles. The predicted octanol–water partition coefficient (Wildman–Crippen LogP) is 1.54. The number of ether oxygens (including phenoxy) is 3. The Morgan fingerprint density at radius 1 is 1.07 bits per heavy atom. The molecule has 1 spiro atoms. The van der Waals surface area contributed by atoms with E-state index in [0.29, 0.717) is 57.2 Å². The molecule has 2 fully saturated rings. The average molecular weight is 639 g/mol. The van der Waals surface area contributed by atoms with Gasteiger partial charge in [-0.3, -0.25) is 0 Å². The van der Waals surface area contributed by atoms with Crippen LogP contribution < -0.4 is 24.4 Å². The summed E-state index contributed by atoms with van der Waals surface area (Å²) in [6, 6.07) is 11.5. The van der Waals surface area contributed by atoms with Gasteiger partial charge >= 0.3 is 0 Å². The molecule has 0 saturated carbocycles. The van der Waals surface area contributed by atoms with E-state index in [2.05, 4.69) is 28.8 Å². The van der Waals surface area contributed by atoms with Crippen LogP contribution in [0.4, 0.5) is 5.69 Å². The molecule has 12 nitrogen and oxygen atoms in total. The number of benzene rings is 2. The number of aliphatic hydroxyl groups is 1. The summed E-state index contributed by atoms with van der Waals surface area (Å²) in [5.41, 5.74) is 0.411. The molecule has 2 saturated heterocycles. The van der Waals surface area contributed by atoms with Gasteiger partial charge in [-0.1, -0.05) is 6.07 Å². The molecular weight excluding hydrogens is 596 g/mol. The highest BCUT2D eigenvalue weighted by Crippen LogP contribution is 2.39. The summed E-state index contributed by atoms with van der Waals surface area (Å²) in [6.45, 7) is 6.94.